The van der Waals surface area contributed by atoms with Gasteiger partial charge in [-0.3, -0.25) is 0 Å². The number of hydrogen-bond acceptors (Lipinski definition) is 3. The number of halogens is 3. The van der Waals surface area contributed by atoms with Crippen LogP contribution in [0.5, 0.6) is 11.5 Å². The molecule has 0 spiro atoms. The van der Waals surface area contributed by atoms with Crippen LogP contribution in [0.3, 0.4) is 0 Å². The molecule has 2 rings (SSSR count). The second-order valence-electron chi connectivity index (χ2n) is 4.37. The van der Waals surface area contributed by atoms with E-state index in [1.807, 2.05) is 0 Å². The number of para-hydroxylation sites is 1. The molecule has 0 radical (unpaired) electrons. The third kappa shape index (κ3) is 3.83. The maximum absolute atomic E-state index is 10.3. The molecule has 0 fully saturated rings. The maximum atomic E-state index is 10.3. The largest absolute Gasteiger partial charge is 0.504 e. The van der Waals surface area contributed by atoms with Gasteiger partial charge in [0.1, 0.15) is 6.61 Å². The summed E-state index contributed by atoms with van der Waals surface area (Å²) >= 11 is 15.5. The minimum atomic E-state index is -0.656. The molecule has 2 aromatic carbocycles. The second-order valence-corrected chi connectivity index (χ2v) is 5.83. The molecule has 21 heavy (non-hydrogen) atoms. The summed E-state index contributed by atoms with van der Waals surface area (Å²) in [6, 6.07) is 10.2. The molecule has 0 aliphatic heterocycles. The van der Waals surface area contributed by atoms with Crippen LogP contribution in [0.25, 0.3) is 11.1 Å². The predicted octanol–water partition coefficient (Wildman–Crippen LogP) is 4.50. The van der Waals surface area contributed by atoms with E-state index in [9.17, 15) is 10.2 Å². The number of alkyl halides is 1. The highest BCUT2D eigenvalue weighted by atomic mass is 79.9. The van der Waals surface area contributed by atoms with Crippen molar-refractivity contribution in [3.8, 4) is 22.6 Å². The molecule has 112 valence electrons. The molecular formula is C15H13BrCl2O3. The monoisotopic (exact) mass is 390 g/mol. The smallest absolute Gasteiger partial charge is 0.165 e. The number of aromatic hydroxyl groups is 1. The summed E-state index contributed by atoms with van der Waals surface area (Å²) in [6.07, 6.45) is -0.656. The van der Waals surface area contributed by atoms with Gasteiger partial charge in [-0.2, -0.15) is 0 Å². The third-order valence-electron chi connectivity index (χ3n) is 2.84. The minimum absolute atomic E-state index is 0.0609. The molecule has 0 saturated carbocycles. The molecule has 0 aliphatic carbocycles. The van der Waals surface area contributed by atoms with Gasteiger partial charge in [0, 0.05) is 16.5 Å². The Morgan fingerprint density at radius 1 is 1.10 bits per heavy atom. The Labute approximate surface area is 141 Å². The Morgan fingerprint density at radius 2 is 1.71 bits per heavy atom. The zero-order chi connectivity index (χ0) is 15.4. The molecule has 0 saturated heterocycles. The quantitative estimate of drug-likeness (QED) is 0.737. The van der Waals surface area contributed by atoms with Crippen LogP contribution in [-0.2, 0) is 0 Å². The van der Waals surface area contributed by atoms with E-state index in [0.717, 1.165) is 0 Å². The number of ether oxygens (including phenoxy) is 1. The van der Waals surface area contributed by atoms with E-state index in [4.69, 9.17) is 27.9 Å². The minimum Gasteiger partial charge on any atom is -0.504 e. The first-order chi connectivity index (χ1) is 10.0. The summed E-state index contributed by atoms with van der Waals surface area (Å²) in [5.41, 5.74) is 1.03. The molecule has 1 atom stereocenters. The summed E-state index contributed by atoms with van der Waals surface area (Å²) in [5, 5.41) is 21.1. The summed E-state index contributed by atoms with van der Waals surface area (Å²) in [4.78, 5) is 0. The van der Waals surface area contributed by atoms with E-state index in [0.29, 0.717) is 26.5 Å². The Hall–Kier alpha value is -0.940. The van der Waals surface area contributed by atoms with Crippen LogP contribution >= 0.6 is 39.1 Å². The van der Waals surface area contributed by atoms with Gasteiger partial charge in [0.05, 0.1) is 16.1 Å². The van der Waals surface area contributed by atoms with Gasteiger partial charge in [-0.15, -0.1) is 0 Å². The van der Waals surface area contributed by atoms with Gasteiger partial charge >= 0.3 is 0 Å². The average molecular weight is 392 g/mol. The summed E-state index contributed by atoms with van der Waals surface area (Å²) in [7, 11) is 0. The van der Waals surface area contributed by atoms with Crippen molar-refractivity contribution in [1.82, 2.24) is 0 Å². The number of hydrogen-bond donors (Lipinski definition) is 2. The van der Waals surface area contributed by atoms with Crippen LogP contribution in [0.15, 0.2) is 36.4 Å². The van der Waals surface area contributed by atoms with Crippen molar-refractivity contribution in [2.75, 3.05) is 11.9 Å². The third-order valence-corrected chi connectivity index (χ3v) is 4.22. The molecule has 6 heteroatoms. The Balaban J connectivity index is 2.38. The van der Waals surface area contributed by atoms with E-state index < -0.39 is 6.10 Å². The second kappa shape index (κ2) is 7.36. The number of benzene rings is 2. The average Bonchev–Trinajstić information content (AvgIpc) is 2.47. The van der Waals surface area contributed by atoms with Crippen molar-refractivity contribution in [2.24, 2.45) is 0 Å². The molecule has 0 unspecified atom stereocenters. The van der Waals surface area contributed by atoms with E-state index in [-0.39, 0.29) is 18.1 Å². The molecule has 0 bridgehead atoms. The Bertz CT molecular complexity index is 614. The fourth-order valence-corrected chi connectivity index (χ4v) is 2.61. The highest BCUT2D eigenvalue weighted by Gasteiger charge is 2.16. The number of phenolic OH excluding ortho intramolecular Hbond substituents is 1. The van der Waals surface area contributed by atoms with Crippen molar-refractivity contribution in [3.63, 3.8) is 0 Å². The standard InChI is InChI=1S/C15H13BrCl2O3/c16-7-9(19)8-21-13-6-1-3-10(15(13)20)14-11(17)4-2-5-12(14)18/h1-6,9,19-20H,7-8H2/t9-/m1/s1. The SMILES string of the molecule is Oc1c(OC[C@H](O)CBr)cccc1-c1c(Cl)cccc1Cl. The van der Waals surface area contributed by atoms with Crippen LogP contribution < -0.4 is 4.74 Å². The van der Waals surface area contributed by atoms with Gasteiger partial charge in [0.2, 0.25) is 0 Å². The number of rotatable bonds is 5. The summed E-state index contributed by atoms with van der Waals surface area (Å²) in [6.45, 7) is 0.0680. The maximum Gasteiger partial charge on any atom is 0.165 e. The lowest BCUT2D eigenvalue weighted by Gasteiger charge is -2.14. The van der Waals surface area contributed by atoms with E-state index in [1.54, 1.807) is 36.4 Å². The number of aliphatic hydroxyl groups excluding tert-OH is 1. The molecule has 2 N–H and O–H groups in total. The lowest BCUT2D eigenvalue weighted by Crippen LogP contribution is -2.18. The zero-order valence-corrected chi connectivity index (χ0v) is 14.0. The number of aliphatic hydroxyl groups is 1. The highest BCUT2D eigenvalue weighted by molar-refractivity contribution is 9.09. The first-order valence-electron chi connectivity index (χ1n) is 6.17. The van der Waals surface area contributed by atoms with Crippen molar-refractivity contribution in [2.45, 2.75) is 6.10 Å². The zero-order valence-electron chi connectivity index (χ0n) is 10.9. The van der Waals surface area contributed by atoms with Gasteiger partial charge in [-0.05, 0) is 18.2 Å². The fraction of sp³-hybridized carbons (Fsp3) is 0.200. The van der Waals surface area contributed by atoms with Crippen LogP contribution in [0, 0.1) is 0 Å². The van der Waals surface area contributed by atoms with E-state index in [1.165, 1.54) is 0 Å². The summed E-state index contributed by atoms with van der Waals surface area (Å²) < 4.78 is 5.42. The van der Waals surface area contributed by atoms with E-state index >= 15 is 0 Å². The van der Waals surface area contributed by atoms with Gasteiger partial charge in [-0.25, -0.2) is 0 Å². The highest BCUT2D eigenvalue weighted by Crippen LogP contribution is 2.43. The summed E-state index contributed by atoms with van der Waals surface area (Å²) in [5.74, 6) is 0.206. The lowest BCUT2D eigenvalue weighted by atomic mass is 10.0. The normalized spacial score (nSPS) is 12.2. The molecule has 0 aliphatic rings. The van der Waals surface area contributed by atoms with Crippen LogP contribution in [0.1, 0.15) is 0 Å². The molecule has 3 nitrogen and oxygen atoms in total. The van der Waals surface area contributed by atoms with Crippen LogP contribution in [-0.4, -0.2) is 28.3 Å². The van der Waals surface area contributed by atoms with Crippen LogP contribution in [0.4, 0.5) is 0 Å². The van der Waals surface area contributed by atoms with Crippen molar-refractivity contribution < 1.29 is 14.9 Å². The van der Waals surface area contributed by atoms with E-state index in [2.05, 4.69) is 15.9 Å². The first kappa shape index (κ1) is 16.4. The fourth-order valence-electron chi connectivity index (χ4n) is 1.83. The molecule has 0 aromatic heterocycles. The molecule has 0 amide bonds. The predicted molar refractivity (Wildman–Crippen MR) is 88.9 cm³/mol. The first-order valence-corrected chi connectivity index (χ1v) is 8.05. The lowest BCUT2D eigenvalue weighted by molar-refractivity contribution is 0.125. The van der Waals surface area contributed by atoms with Gasteiger partial charge < -0.3 is 14.9 Å². The molecule has 0 heterocycles. The number of phenols is 1. The van der Waals surface area contributed by atoms with Gasteiger partial charge in [-0.1, -0.05) is 57.3 Å². The topological polar surface area (TPSA) is 49.7 Å². The van der Waals surface area contributed by atoms with Crippen molar-refractivity contribution in [1.29, 1.82) is 0 Å². The molecule has 2 aromatic rings. The van der Waals surface area contributed by atoms with Crippen molar-refractivity contribution in [3.05, 3.63) is 46.4 Å². The Kier molecular flexibility index (Phi) is 5.76. The molecular weight excluding hydrogens is 379 g/mol. The van der Waals surface area contributed by atoms with Gasteiger partial charge in [0.15, 0.2) is 11.5 Å². The van der Waals surface area contributed by atoms with Crippen molar-refractivity contribution >= 4 is 39.1 Å². The van der Waals surface area contributed by atoms with Crippen LogP contribution in [0.2, 0.25) is 10.0 Å². The van der Waals surface area contributed by atoms with Gasteiger partial charge in [0.25, 0.3) is 0 Å². The Morgan fingerprint density at radius 3 is 2.33 bits per heavy atom.